The standard InChI is InChI=1S/C24H24BrN3O2S/c1-27(2)24-12-7-18(15-23(24)25)16-26-21-8-10-22(11-9-21)31(29,30)28-14-13-19-5-3-4-6-20(19)17-28/h3-12,15-16H,13-14,17H2,1-2H3. The highest BCUT2D eigenvalue weighted by Crippen LogP contribution is 2.27. The number of hydrogen-bond donors (Lipinski definition) is 0. The molecule has 1 aliphatic rings. The van der Waals surface area contributed by atoms with E-state index in [1.165, 1.54) is 5.56 Å². The fourth-order valence-corrected chi connectivity index (χ4v) is 5.81. The summed E-state index contributed by atoms with van der Waals surface area (Å²) in [5.41, 5.74) is 5.05. The van der Waals surface area contributed by atoms with Crippen LogP contribution in [-0.2, 0) is 23.0 Å². The van der Waals surface area contributed by atoms with Gasteiger partial charge in [0.2, 0.25) is 10.0 Å². The smallest absolute Gasteiger partial charge is 0.243 e. The molecule has 31 heavy (non-hydrogen) atoms. The molecule has 0 aliphatic carbocycles. The van der Waals surface area contributed by atoms with Crippen LogP contribution < -0.4 is 4.90 Å². The summed E-state index contributed by atoms with van der Waals surface area (Å²) in [5, 5.41) is 0. The average molecular weight is 498 g/mol. The fraction of sp³-hybridized carbons (Fsp3) is 0.208. The van der Waals surface area contributed by atoms with Crippen LogP contribution in [0, 0.1) is 0 Å². The van der Waals surface area contributed by atoms with Crippen LogP contribution in [0.25, 0.3) is 0 Å². The van der Waals surface area contributed by atoms with Gasteiger partial charge >= 0.3 is 0 Å². The van der Waals surface area contributed by atoms with Gasteiger partial charge in [-0.25, -0.2) is 8.42 Å². The zero-order valence-electron chi connectivity index (χ0n) is 17.5. The van der Waals surface area contributed by atoms with E-state index in [0.717, 1.165) is 27.7 Å². The maximum Gasteiger partial charge on any atom is 0.243 e. The van der Waals surface area contributed by atoms with Gasteiger partial charge in [-0.15, -0.1) is 0 Å². The molecular formula is C24H24BrN3O2S. The highest BCUT2D eigenvalue weighted by atomic mass is 79.9. The largest absolute Gasteiger partial charge is 0.377 e. The molecule has 0 saturated heterocycles. The molecule has 3 aromatic carbocycles. The van der Waals surface area contributed by atoms with Gasteiger partial charge in [-0.05, 0) is 75.4 Å². The summed E-state index contributed by atoms with van der Waals surface area (Å²) in [4.78, 5) is 6.82. The van der Waals surface area contributed by atoms with Crippen molar-refractivity contribution >= 4 is 43.5 Å². The summed E-state index contributed by atoms with van der Waals surface area (Å²) in [7, 11) is 0.448. The molecule has 0 amide bonds. The number of benzene rings is 3. The molecule has 0 unspecified atom stereocenters. The summed E-state index contributed by atoms with van der Waals surface area (Å²) < 4.78 is 28.7. The van der Waals surface area contributed by atoms with Crippen LogP contribution in [-0.4, -0.2) is 39.6 Å². The molecule has 0 N–H and O–H groups in total. The van der Waals surface area contributed by atoms with E-state index in [9.17, 15) is 8.42 Å². The van der Waals surface area contributed by atoms with Gasteiger partial charge in [-0.3, -0.25) is 4.99 Å². The van der Waals surface area contributed by atoms with Crippen LogP contribution >= 0.6 is 15.9 Å². The lowest BCUT2D eigenvalue weighted by atomic mass is 10.0. The van der Waals surface area contributed by atoms with Gasteiger partial charge in [-0.2, -0.15) is 4.31 Å². The molecule has 1 aliphatic heterocycles. The second-order valence-electron chi connectivity index (χ2n) is 7.71. The molecule has 0 aromatic heterocycles. The normalized spacial score (nSPS) is 14.5. The van der Waals surface area contributed by atoms with Crippen LogP contribution in [0.5, 0.6) is 0 Å². The Kier molecular flexibility index (Phi) is 6.27. The molecule has 7 heteroatoms. The monoisotopic (exact) mass is 497 g/mol. The van der Waals surface area contributed by atoms with Gasteiger partial charge in [-0.1, -0.05) is 30.3 Å². The van der Waals surface area contributed by atoms with Gasteiger partial charge < -0.3 is 4.90 Å². The number of hydrogen-bond acceptors (Lipinski definition) is 4. The van der Waals surface area contributed by atoms with E-state index in [0.29, 0.717) is 23.7 Å². The first-order valence-corrected chi connectivity index (χ1v) is 12.3. The fourth-order valence-electron chi connectivity index (χ4n) is 3.64. The zero-order valence-corrected chi connectivity index (χ0v) is 19.9. The molecule has 0 saturated carbocycles. The van der Waals surface area contributed by atoms with Crippen molar-refractivity contribution in [3.63, 3.8) is 0 Å². The topological polar surface area (TPSA) is 53.0 Å². The van der Waals surface area contributed by atoms with Crippen molar-refractivity contribution < 1.29 is 8.42 Å². The van der Waals surface area contributed by atoms with Crippen molar-refractivity contribution in [1.82, 2.24) is 4.31 Å². The molecule has 160 valence electrons. The minimum Gasteiger partial charge on any atom is -0.377 e. The molecule has 0 fully saturated rings. The Balaban J connectivity index is 1.49. The lowest BCUT2D eigenvalue weighted by Gasteiger charge is -2.28. The van der Waals surface area contributed by atoms with Crippen LogP contribution in [0.2, 0.25) is 0 Å². The Bertz CT molecular complexity index is 1220. The van der Waals surface area contributed by atoms with Gasteiger partial charge in [0.1, 0.15) is 0 Å². The number of sulfonamides is 1. The van der Waals surface area contributed by atoms with E-state index in [1.807, 2.05) is 55.4 Å². The van der Waals surface area contributed by atoms with E-state index in [2.05, 4.69) is 27.0 Å². The van der Waals surface area contributed by atoms with Crippen LogP contribution in [0.15, 0.2) is 81.1 Å². The average Bonchev–Trinajstić information content (AvgIpc) is 2.77. The number of anilines is 1. The first-order valence-electron chi connectivity index (χ1n) is 10.0. The van der Waals surface area contributed by atoms with E-state index >= 15 is 0 Å². The van der Waals surface area contributed by atoms with Crippen molar-refractivity contribution in [3.8, 4) is 0 Å². The Hall–Kier alpha value is -2.48. The number of rotatable bonds is 5. The second-order valence-corrected chi connectivity index (χ2v) is 10.5. The lowest BCUT2D eigenvalue weighted by molar-refractivity contribution is 0.391. The minimum atomic E-state index is -3.54. The predicted molar refractivity (Wildman–Crippen MR) is 130 cm³/mol. The molecular weight excluding hydrogens is 474 g/mol. The summed E-state index contributed by atoms with van der Waals surface area (Å²) in [6, 6.07) is 20.8. The Morgan fingerprint density at radius 1 is 1.00 bits per heavy atom. The molecule has 4 rings (SSSR count). The Morgan fingerprint density at radius 3 is 2.39 bits per heavy atom. The summed E-state index contributed by atoms with van der Waals surface area (Å²) in [6.45, 7) is 0.910. The van der Waals surface area contributed by atoms with Crippen LogP contribution in [0.3, 0.4) is 0 Å². The predicted octanol–water partition coefficient (Wildman–Crippen LogP) is 5.01. The van der Waals surface area contributed by atoms with Gasteiger partial charge in [0.05, 0.1) is 16.3 Å². The third kappa shape index (κ3) is 4.74. The molecule has 1 heterocycles. The number of nitrogens with zero attached hydrogens (tertiary/aromatic N) is 3. The summed E-state index contributed by atoms with van der Waals surface area (Å²) >= 11 is 3.58. The quantitative estimate of drug-likeness (QED) is 0.465. The summed E-state index contributed by atoms with van der Waals surface area (Å²) in [6.07, 6.45) is 2.51. The summed E-state index contributed by atoms with van der Waals surface area (Å²) in [5.74, 6) is 0. The molecule has 3 aromatic rings. The van der Waals surface area contributed by atoms with Crippen molar-refractivity contribution in [2.24, 2.45) is 4.99 Å². The second kappa shape index (κ2) is 8.94. The van der Waals surface area contributed by atoms with Crippen LogP contribution in [0.1, 0.15) is 16.7 Å². The van der Waals surface area contributed by atoms with Crippen molar-refractivity contribution in [1.29, 1.82) is 0 Å². The molecule has 0 atom stereocenters. The molecule has 0 bridgehead atoms. The highest BCUT2D eigenvalue weighted by molar-refractivity contribution is 9.10. The van der Waals surface area contributed by atoms with Crippen LogP contribution in [0.4, 0.5) is 11.4 Å². The van der Waals surface area contributed by atoms with Gasteiger partial charge in [0.25, 0.3) is 0 Å². The molecule has 0 radical (unpaired) electrons. The number of fused-ring (bicyclic) bond motifs is 1. The molecule has 5 nitrogen and oxygen atoms in total. The minimum absolute atomic E-state index is 0.295. The zero-order chi connectivity index (χ0) is 22.0. The van der Waals surface area contributed by atoms with E-state index in [4.69, 9.17) is 0 Å². The van der Waals surface area contributed by atoms with E-state index in [-0.39, 0.29) is 0 Å². The number of aliphatic imine (C=N–C) groups is 1. The van der Waals surface area contributed by atoms with Crippen molar-refractivity contribution in [3.05, 3.63) is 87.9 Å². The lowest BCUT2D eigenvalue weighted by Crippen LogP contribution is -2.35. The Labute approximate surface area is 192 Å². The highest BCUT2D eigenvalue weighted by Gasteiger charge is 2.28. The van der Waals surface area contributed by atoms with Crippen molar-refractivity contribution in [2.45, 2.75) is 17.9 Å². The SMILES string of the molecule is CN(C)c1ccc(C=Nc2ccc(S(=O)(=O)N3CCc4ccccc4C3)cc2)cc1Br. The van der Waals surface area contributed by atoms with E-state index < -0.39 is 10.0 Å². The third-order valence-corrected chi connectivity index (χ3v) is 7.88. The maximum absolute atomic E-state index is 13.1. The third-order valence-electron chi connectivity index (χ3n) is 5.39. The first-order chi connectivity index (χ1) is 14.8. The number of halogens is 1. The Morgan fingerprint density at radius 2 is 1.71 bits per heavy atom. The van der Waals surface area contributed by atoms with Crippen molar-refractivity contribution in [2.75, 3.05) is 25.5 Å². The van der Waals surface area contributed by atoms with Gasteiger partial charge in [0, 0.05) is 37.9 Å². The molecule has 0 spiro atoms. The van der Waals surface area contributed by atoms with Gasteiger partial charge in [0.15, 0.2) is 0 Å². The first kappa shape index (κ1) is 21.7. The maximum atomic E-state index is 13.1. The van der Waals surface area contributed by atoms with E-state index in [1.54, 1.807) is 34.8 Å².